The van der Waals surface area contributed by atoms with Crippen molar-refractivity contribution < 1.29 is 26.4 Å². The van der Waals surface area contributed by atoms with Crippen molar-refractivity contribution in [3.63, 3.8) is 0 Å². The summed E-state index contributed by atoms with van der Waals surface area (Å²) in [7, 11) is -6.95. The van der Waals surface area contributed by atoms with Crippen LogP contribution in [0.2, 0.25) is 0 Å². The van der Waals surface area contributed by atoms with Crippen molar-refractivity contribution in [2.24, 2.45) is 23.3 Å². The molecule has 4 aliphatic rings. The normalized spacial score (nSPS) is 34.6. The van der Waals surface area contributed by atoms with Crippen molar-refractivity contribution in [3.05, 3.63) is 25.3 Å². The lowest BCUT2D eigenvalue weighted by Crippen LogP contribution is -2.47. The Balaban J connectivity index is 0.000000171. The first-order valence-corrected chi connectivity index (χ1v) is 12.8. The van der Waals surface area contributed by atoms with Gasteiger partial charge in [0.2, 0.25) is 20.0 Å². The van der Waals surface area contributed by atoms with Gasteiger partial charge in [0.1, 0.15) is 11.1 Å². The Morgan fingerprint density at radius 3 is 1.27 bits per heavy atom. The summed E-state index contributed by atoms with van der Waals surface area (Å²) < 4.78 is 49.9. The van der Waals surface area contributed by atoms with Gasteiger partial charge in [-0.05, 0) is 38.5 Å². The summed E-state index contributed by atoms with van der Waals surface area (Å²) in [4.78, 5) is 23.2. The monoisotopic (exact) mass is 460 g/mol. The molecule has 4 rings (SSSR count). The molecule has 4 aliphatic carbocycles. The molecule has 12 heteroatoms. The third kappa shape index (κ3) is 4.61. The van der Waals surface area contributed by atoms with Gasteiger partial charge in [0, 0.05) is 11.8 Å². The maximum atomic E-state index is 11.6. The Bertz CT molecular complexity index is 906. The predicted octanol–water partition coefficient (Wildman–Crippen LogP) is -1.00. The van der Waals surface area contributed by atoms with Crippen LogP contribution in [0.4, 0.5) is 0 Å². The molecule has 2 amide bonds. The highest BCUT2D eigenvalue weighted by molar-refractivity contribution is 7.91. The van der Waals surface area contributed by atoms with Gasteiger partial charge in [-0.15, -0.1) is 13.2 Å². The standard InChI is InChI=1S/2C9H14N2O3S/c2*1-2-6-5-9(6,10)8(12)11-15(13,14)7-3-4-7/h2*2,6-7H,1,3-5,10H2,(H,11,12)/t2*6-,9-/m10/s1. The summed E-state index contributed by atoms with van der Waals surface area (Å²) in [5, 5.41) is -0.794. The van der Waals surface area contributed by atoms with E-state index in [-0.39, 0.29) is 11.8 Å². The fourth-order valence-electron chi connectivity index (χ4n) is 3.09. The lowest BCUT2D eigenvalue weighted by molar-refractivity contribution is -0.122. The number of nitrogens with two attached hydrogens (primary N) is 2. The van der Waals surface area contributed by atoms with Crippen molar-refractivity contribution in [1.82, 2.24) is 9.44 Å². The van der Waals surface area contributed by atoms with E-state index in [4.69, 9.17) is 11.5 Å². The lowest BCUT2D eigenvalue weighted by atomic mass is 10.2. The smallest absolute Gasteiger partial charge is 0.254 e. The number of amides is 2. The number of nitrogens with one attached hydrogen (secondary N) is 2. The molecule has 0 aromatic carbocycles. The molecule has 0 heterocycles. The van der Waals surface area contributed by atoms with E-state index in [1.807, 2.05) is 9.44 Å². The molecule has 6 N–H and O–H groups in total. The number of carbonyl (C=O) groups excluding carboxylic acids is 2. The largest absolute Gasteiger partial charge is 0.317 e. The molecule has 4 fully saturated rings. The second-order valence-electron chi connectivity index (χ2n) is 8.52. The number of hydrogen-bond acceptors (Lipinski definition) is 8. The van der Waals surface area contributed by atoms with Crippen LogP contribution in [-0.2, 0) is 29.6 Å². The van der Waals surface area contributed by atoms with Crippen LogP contribution in [0.5, 0.6) is 0 Å². The molecular formula is C18H28N4O6S2. The zero-order valence-electron chi connectivity index (χ0n) is 16.5. The van der Waals surface area contributed by atoms with Crippen molar-refractivity contribution in [1.29, 1.82) is 0 Å². The minimum Gasteiger partial charge on any atom is -0.317 e. The van der Waals surface area contributed by atoms with E-state index in [0.29, 0.717) is 38.5 Å². The molecule has 0 aromatic heterocycles. The van der Waals surface area contributed by atoms with Crippen LogP contribution in [0.3, 0.4) is 0 Å². The van der Waals surface area contributed by atoms with Gasteiger partial charge in [0.15, 0.2) is 0 Å². The highest BCUT2D eigenvalue weighted by Gasteiger charge is 2.57. The van der Waals surface area contributed by atoms with Crippen molar-refractivity contribution >= 4 is 31.9 Å². The molecule has 10 nitrogen and oxygen atoms in total. The Hall–Kier alpha value is -1.76. The van der Waals surface area contributed by atoms with Crippen LogP contribution in [0.25, 0.3) is 0 Å². The molecule has 4 atom stereocenters. The Morgan fingerprint density at radius 2 is 1.07 bits per heavy atom. The molecule has 30 heavy (non-hydrogen) atoms. The number of hydrogen-bond donors (Lipinski definition) is 4. The average molecular weight is 461 g/mol. The van der Waals surface area contributed by atoms with E-state index in [2.05, 4.69) is 13.2 Å². The van der Waals surface area contributed by atoms with E-state index in [1.54, 1.807) is 12.2 Å². The van der Waals surface area contributed by atoms with Gasteiger partial charge in [-0.2, -0.15) is 0 Å². The summed E-state index contributed by atoms with van der Waals surface area (Å²) in [6, 6.07) is 0. The van der Waals surface area contributed by atoms with Gasteiger partial charge in [0.05, 0.1) is 10.5 Å². The molecule has 0 bridgehead atoms. The van der Waals surface area contributed by atoms with Gasteiger partial charge in [-0.1, -0.05) is 12.2 Å². The quantitative estimate of drug-likeness (QED) is 0.333. The second-order valence-corrected chi connectivity index (χ2v) is 12.4. The Morgan fingerprint density at radius 1 is 0.767 bits per heavy atom. The maximum Gasteiger partial charge on any atom is 0.254 e. The minimum atomic E-state index is -3.47. The summed E-state index contributed by atoms with van der Waals surface area (Å²) in [5.74, 6) is -1.41. The molecule has 0 saturated heterocycles. The van der Waals surface area contributed by atoms with Gasteiger partial charge in [-0.25, -0.2) is 16.8 Å². The molecule has 0 aromatic rings. The number of carbonyl (C=O) groups is 2. The molecule has 4 saturated carbocycles. The Kier molecular flexibility index (Phi) is 5.68. The van der Waals surface area contributed by atoms with Crippen LogP contribution < -0.4 is 20.9 Å². The van der Waals surface area contributed by atoms with Crippen LogP contribution >= 0.6 is 0 Å². The summed E-state index contributed by atoms with van der Waals surface area (Å²) >= 11 is 0. The summed E-state index contributed by atoms with van der Waals surface area (Å²) in [6.45, 7) is 7.07. The summed E-state index contributed by atoms with van der Waals surface area (Å²) in [5.41, 5.74) is 9.35. The SMILES string of the molecule is C=C[C@@H]1C[C@]1(N)C(=O)NS(=O)(=O)C1CC1.C=C[C@H]1C[C@@]1(N)C(=O)NS(=O)(=O)C1CC1. The van der Waals surface area contributed by atoms with Gasteiger partial charge >= 0.3 is 0 Å². The first-order chi connectivity index (χ1) is 13.8. The van der Waals surface area contributed by atoms with Crippen LogP contribution in [0, 0.1) is 11.8 Å². The first kappa shape index (κ1) is 22.9. The zero-order valence-corrected chi connectivity index (χ0v) is 18.2. The van der Waals surface area contributed by atoms with Gasteiger partial charge in [-0.3, -0.25) is 19.0 Å². The van der Waals surface area contributed by atoms with Crippen molar-refractivity contribution in [3.8, 4) is 0 Å². The average Bonchev–Trinajstić information content (AvgIpc) is 3.51. The van der Waals surface area contributed by atoms with Gasteiger partial charge < -0.3 is 11.5 Å². The lowest BCUT2D eigenvalue weighted by Gasteiger charge is -2.11. The fourth-order valence-corrected chi connectivity index (χ4v) is 5.83. The van der Waals surface area contributed by atoms with Crippen LogP contribution in [0.1, 0.15) is 38.5 Å². The highest BCUT2D eigenvalue weighted by atomic mass is 32.2. The van der Waals surface area contributed by atoms with Crippen molar-refractivity contribution in [2.45, 2.75) is 60.1 Å². The van der Waals surface area contributed by atoms with E-state index in [1.165, 1.54) is 0 Å². The topological polar surface area (TPSA) is 179 Å². The van der Waals surface area contributed by atoms with E-state index in [0.717, 1.165) is 0 Å². The molecule has 0 radical (unpaired) electrons. The maximum absolute atomic E-state index is 11.6. The Labute approximate surface area is 176 Å². The van der Waals surface area contributed by atoms with E-state index >= 15 is 0 Å². The predicted molar refractivity (Wildman–Crippen MR) is 111 cm³/mol. The highest BCUT2D eigenvalue weighted by Crippen LogP contribution is 2.43. The summed E-state index contributed by atoms with van der Waals surface area (Å²) in [6.07, 6.45) is 6.64. The fraction of sp³-hybridized carbons (Fsp3) is 0.667. The third-order valence-corrected chi connectivity index (χ3v) is 9.57. The molecular weight excluding hydrogens is 432 g/mol. The third-order valence-electron chi connectivity index (χ3n) is 5.93. The second kappa shape index (κ2) is 7.43. The van der Waals surface area contributed by atoms with E-state index < -0.39 is 53.4 Å². The minimum absolute atomic E-state index is 0.105. The van der Waals surface area contributed by atoms with E-state index in [9.17, 15) is 26.4 Å². The van der Waals surface area contributed by atoms with Crippen LogP contribution in [-0.4, -0.2) is 50.2 Å². The van der Waals surface area contributed by atoms with Crippen LogP contribution in [0.15, 0.2) is 25.3 Å². The molecule has 0 unspecified atom stereocenters. The molecule has 0 spiro atoms. The number of rotatable bonds is 8. The molecule has 168 valence electrons. The van der Waals surface area contributed by atoms with Crippen molar-refractivity contribution in [2.75, 3.05) is 0 Å². The zero-order chi connectivity index (χ0) is 22.5. The number of sulfonamides is 2. The molecule has 0 aliphatic heterocycles. The first-order valence-electron chi connectivity index (χ1n) is 9.75. The van der Waals surface area contributed by atoms with Gasteiger partial charge in [0.25, 0.3) is 11.8 Å².